The highest BCUT2D eigenvalue weighted by Crippen LogP contribution is 2.33. The molecule has 1 aromatic carbocycles. The molecule has 0 saturated carbocycles. The number of hydrogen-bond acceptors (Lipinski definition) is 4. The molecule has 1 aromatic heterocycles. The monoisotopic (exact) mass is 280 g/mol. The van der Waals surface area contributed by atoms with Gasteiger partial charge in [-0.3, -0.25) is 14.3 Å². The Hall–Kier alpha value is -2.94. The first-order valence-electron chi connectivity index (χ1n) is 6.47. The molecule has 2 heterocycles. The molecule has 6 heteroatoms. The van der Waals surface area contributed by atoms with Crippen molar-refractivity contribution in [2.24, 2.45) is 7.05 Å². The van der Waals surface area contributed by atoms with Crippen molar-refractivity contribution in [2.45, 2.75) is 12.3 Å². The van der Waals surface area contributed by atoms with Crippen molar-refractivity contribution in [3.63, 3.8) is 0 Å². The Balaban J connectivity index is 2.00. The van der Waals surface area contributed by atoms with Crippen molar-refractivity contribution >= 4 is 17.6 Å². The van der Waals surface area contributed by atoms with E-state index in [9.17, 15) is 9.59 Å². The van der Waals surface area contributed by atoms with Crippen molar-refractivity contribution < 1.29 is 9.59 Å². The second kappa shape index (κ2) is 4.87. The molecule has 1 aliphatic heterocycles. The van der Waals surface area contributed by atoms with E-state index in [1.54, 1.807) is 7.05 Å². The average molecular weight is 280 g/mol. The molecular weight excluding hydrogens is 268 g/mol. The Morgan fingerprint density at radius 2 is 2.00 bits per heavy atom. The Labute approximate surface area is 121 Å². The summed E-state index contributed by atoms with van der Waals surface area (Å²) in [6.07, 6.45) is 1.59. The lowest BCUT2D eigenvalue weighted by Crippen LogP contribution is -2.31. The molecule has 1 fully saturated rings. The van der Waals surface area contributed by atoms with E-state index in [2.05, 4.69) is 5.10 Å². The van der Waals surface area contributed by atoms with Crippen LogP contribution < -0.4 is 4.90 Å². The summed E-state index contributed by atoms with van der Waals surface area (Å²) in [7, 11) is 1.64. The second-order valence-electron chi connectivity index (χ2n) is 4.89. The van der Waals surface area contributed by atoms with Gasteiger partial charge in [0.2, 0.25) is 11.8 Å². The van der Waals surface area contributed by atoms with Gasteiger partial charge in [-0.2, -0.15) is 10.4 Å². The number of imide groups is 1. The van der Waals surface area contributed by atoms with Gasteiger partial charge in [0.05, 0.1) is 5.92 Å². The number of nitrogens with zero attached hydrogens (tertiary/aromatic N) is 4. The van der Waals surface area contributed by atoms with Crippen molar-refractivity contribution in [3.8, 4) is 6.07 Å². The average Bonchev–Trinajstić information content (AvgIpc) is 2.99. The highest BCUT2D eigenvalue weighted by atomic mass is 16.2. The van der Waals surface area contributed by atoms with E-state index < -0.39 is 5.92 Å². The quantitative estimate of drug-likeness (QED) is 0.777. The van der Waals surface area contributed by atoms with Gasteiger partial charge in [0.15, 0.2) is 5.82 Å². The lowest BCUT2D eigenvalue weighted by atomic mass is 9.98. The minimum atomic E-state index is -0.507. The number of carbonyl (C=O) groups is 2. The first kappa shape index (κ1) is 13.1. The largest absolute Gasteiger partial charge is 0.274 e. The number of aromatic nitrogens is 2. The standard InChI is InChI=1S/C15H12N4O2/c1-18-9-11(8-16)14(17-18)19-13(20)7-12(15(19)21)10-5-3-2-4-6-10/h2-6,9,12H,7H2,1H3. The van der Waals surface area contributed by atoms with Gasteiger partial charge in [0, 0.05) is 19.7 Å². The number of anilines is 1. The molecule has 104 valence electrons. The molecule has 2 aromatic rings. The summed E-state index contributed by atoms with van der Waals surface area (Å²) in [5.74, 6) is -1.05. The lowest BCUT2D eigenvalue weighted by Gasteiger charge is -2.12. The van der Waals surface area contributed by atoms with Crippen LogP contribution >= 0.6 is 0 Å². The lowest BCUT2D eigenvalue weighted by molar-refractivity contribution is -0.121. The Kier molecular flexibility index (Phi) is 3.03. The van der Waals surface area contributed by atoms with Crippen LogP contribution in [0.4, 0.5) is 5.82 Å². The third-order valence-corrected chi connectivity index (χ3v) is 3.49. The molecule has 0 spiro atoms. The minimum absolute atomic E-state index is 0.101. The number of hydrogen-bond donors (Lipinski definition) is 0. The third-order valence-electron chi connectivity index (χ3n) is 3.49. The molecule has 0 radical (unpaired) electrons. The second-order valence-corrected chi connectivity index (χ2v) is 4.89. The van der Waals surface area contributed by atoms with Crippen molar-refractivity contribution in [2.75, 3.05) is 4.90 Å². The van der Waals surface area contributed by atoms with Crippen LogP contribution in [0, 0.1) is 11.3 Å². The van der Waals surface area contributed by atoms with Crippen LogP contribution in [0.1, 0.15) is 23.5 Å². The van der Waals surface area contributed by atoms with E-state index in [1.165, 1.54) is 10.9 Å². The normalized spacial score (nSPS) is 18.1. The minimum Gasteiger partial charge on any atom is -0.274 e. The Morgan fingerprint density at radius 1 is 1.29 bits per heavy atom. The molecule has 1 atom stereocenters. The highest BCUT2D eigenvalue weighted by Gasteiger charge is 2.42. The van der Waals surface area contributed by atoms with Gasteiger partial charge < -0.3 is 0 Å². The summed E-state index contributed by atoms with van der Waals surface area (Å²) >= 11 is 0. The molecule has 0 aliphatic carbocycles. The topological polar surface area (TPSA) is 79.0 Å². The number of benzene rings is 1. The zero-order valence-corrected chi connectivity index (χ0v) is 11.4. The molecule has 2 amide bonds. The van der Waals surface area contributed by atoms with Crippen LogP contribution in [0.3, 0.4) is 0 Å². The van der Waals surface area contributed by atoms with Crippen molar-refractivity contribution in [1.82, 2.24) is 9.78 Å². The molecule has 1 aliphatic rings. The highest BCUT2D eigenvalue weighted by molar-refractivity contribution is 6.22. The Bertz CT molecular complexity index is 758. The van der Waals surface area contributed by atoms with Crippen LogP contribution in [0.25, 0.3) is 0 Å². The molecule has 1 unspecified atom stereocenters. The summed E-state index contributed by atoms with van der Waals surface area (Å²) in [6, 6.07) is 11.1. The predicted octanol–water partition coefficient (Wildman–Crippen LogP) is 1.34. The third kappa shape index (κ3) is 2.09. The van der Waals surface area contributed by atoms with Gasteiger partial charge in [-0.1, -0.05) is 30.3 Å². The maximum atomic E-state index is 12.5. The van der Waals surface area contributed by atoms with Gasteiger partial charge in [-0.05, 0) is 5.56 Å². The van der Waals surface area contributed by atoms with E-state index in [-0.39, 0.29) is 29.6 Å². The number of aryl methyl sites for hydroxylation is 1. The van der Waals surface area contributed by atoms with E-state index in [4.69, 9.17) is 5.26 Å². The van der Waals surface area contributed by atoms with Gasteiger partial charge >= 0.3 is 0 Å². The molecule has 0 bridgehead atoms. The van der Waals surface area contributed by atoms with Gasteiger partial charge in [-0.15, -0.1) is 0 Å². The van der Waals surface area contributed by atoms with Crippen LogP contribution in [0.2, 0.25) is 0 Å². The molecule has 21 heavy (non-hydrogen) atoms. The van der Waals surface area contributed by atoms with Gasteiger partial charge in [-0.25, -0.2) is 4.90 Å². The fourth-order valence-corrected chi connectivity index (χ4v) is 2.52. The predicted molar refractivity (Wildman–Crippen MR) is 74.2 cm³/mol. The smallest absolute Gasteiger partial charge is 0.243 e. The fourth-order valence-electron chi connectivity index (χ4n) is 2.52. The molecule has 6 nitrogen and oxygen atoms in total. The molecular formula is C15H12N4O2. The summed E-state index contributed by atoms with van der Waals surface area (Å²) in [4.78, 5) is 25.8. The molecule has 0 N–H and O–H groups in total. The van der Waals surface area contributed by atoms with E-state index in [0.29, 0.717) is 0 Å². The first-order chi connectivity index (χ1) is 10.1. The molecule has 3 rings (SSSR count). The van der Waals surface area contributed by atoms with Crippen LogP contribution in [-0.4, -0.2) is 21.6 Å². The van der Waals surface area contributed by atoms with E-state index >= 15 is 0 Å². The first-order valence-corrected chi connectivity index (χ1v) is 6.47. The van der Waals surface area contributed by atoms with Gasteiger partial charge in [0.25, 0.3) is 0 Å². The van der Waals surface area contributed by atoms with E-state index in [0.717, 1.165) is 10.5 Å². The maximum absolute atomic E-state index is 12.5. The van der Waals surface area contributed by atoms with Crippen LogP contribution in [0.15, 0.2) is 36.5 Å². The fraction of sp³-hybridized carbons (Fsp3) is 0.200. The Morgan fingerprint density at radius 3 is 2.67 bits per heavy atom. The summed E-state index contributed by atoms with van der Waals surface area (Å²) in [5.41, 5.74) is 1.01. The molecule has 1 saturated heterocycles. The number of amides is 2. The van der Waals surface area contributed by atoms with Crippen molar-refractivity contribution in [1.29, 1.82) is 5.26 Å². The number of carbonyl (C=O) groups excluding carboxylic acids is 2. The van der Waals surface area contributed by atoms with Crippen LogP contribution in [-0.2, 0) is 16.6 Å². The maximum Gasteiger partial charge on any atom is 0.243 e. The van der Waals surface area contributed by atoms with Gasteiger partial charge in [0.1, 0.15) is 11.6 Å². The van der Waals surface area contributed by atoms with E-state index in [1.807, 2.05) is 36.4 Å². The van der Waals surface area contributed by atoms with Crippen LogP contribution in [0.5, 0.6) is 0 Å². The summed E-state index contributed by atoms with van der Waals surface area (Å²) in [6.45, 7) is 0. The number of nitriles is 1. The zero-order valence-electron chi connectivity index (χ0n) is 11.4. The summed E-state index contributed by atoms with van der Waals surface area (Å²) in [5, 5.41) is 13.2. The number of rotatable bonds is 2. The SMILES string of the molecule is Cn1cc(C#N)c(N2C(=O)CC(c3ccccc3)C2=O)n1. The van der Waals surface area contributed by atoms with Crippen molar-refractivity contribution in [3.05, 3.63) is 47.7 Å². The summed E-state index contributed by atoms with van der Waals surface area (Å²) < 4.78 is 1.42. The zero-order chi connectivity index (χ0) is 15.0.